The number of hydrogen-bond acceptors (Lipinski definition) is 5. The van der Waals surface area contributed by atoms with Crippen LogP contribution in [0, 0.1) is 13.8 Å². The molecular formula is C24H26N4O3S. The molecule has 1 N–H and O–H groups in total. The minimum absolute atomic E-state index is 0.0387. The van der Waals surface area contributed by atoms with Crippen LogP contribution in [0.3, 0.4) is 0 Å². The van der Waals surface area contributed by atoms with Crippen molar-refractivity contribution < 1.29 is 13.2 Å². The summed E-state index contributed by atoms with van der Waals surface area (Å²) < 4.78 is 25.9. The molecule has 1 amide bonds. The summed E-state index contributed by atoms with van der Waals surface area (Å²) in [6.07, 6.45) is 0.168. The monoisotopic (exact) mass is 450 g/mol. The lowest BCUT2D eigenvalue weighted by Gasteiger charge is -2.38. The lowest BCUT2D eigenvalue weighted by atomic mass is 10.0. The quantitative estimate of drug-likeness (QED) is 0.656. The molecule has 0 aliphatic carbocycles. The van der Waals surface area contributed by atoms with Gasteiger partial charge in [-0.25, -0.2) is 8.42 Å². The third-order valence-electron chi connectivity index (χ3n) is 6.43. The second-order valence-electron chi connectivity index (χ2n) is 8.60. The fourth-order valence-corrected chi connectivity index (χ4v) is 6.55. The molecule has 8 heteroatoms. The van der Waals surface area contributed by atoms with Gasteiger partial charge in [-0.15, -0.1) is 0 Å². The normalized spacial score (nSPS) is 21.9. The number of amides is 1. The zero-order valence-electron chi connectivity index (χ0n) is 18.2. The Balaban J connectivity index is 1.58. The SMILES string of the molecule is Cc1nn(C2CCS(=O)(=O)C2)c(C)c1C1Nc2ccccc2C(=O)N1Cc1ccccc1. The van der Waals surface area contributed by atoms with Gasteiger partial charge in [0, 0.05) is 23.5 Å². The number of anilines is 1. The van der Waals surface area contributed by atoms with Gasteiger partial charge in [-0.2, -0.15) is 5.10 Å². The molecule has 0 radical (unpaired) electrons. The standard InChI is InChI=1S/C24H26N4O3S/c1-16-22(17(2)28(26-16)19-12-13-32(30,31)15-19)23-25-21-11-7-6-10-20(21)24(29)27(23)14-18-8-4-3-5-9-18/h3-11,19,23,25H,12-15H2,1-2H3. The number of aryl methyl sites for hydroxylation is 1. The molecule has 1 saturated heterocycles. The Hall–Kier alpha value is -3.13. The summed E-state index contributed by atoms with van der Waals surface area (Å²) >= 11 is 0. The van der Waals surface area contributed by atoms with Crippen molar-refractivity contribution in [2.24, 2.45) is 0 Å². The van der Waals surface area contributed by atoms with Crippen molar-refractivity contribution in [1.82, 2.24) is 14.7 Å². The number of fused-ring (bicyclic) bond motifs is 1. The van der Waals surface area contributed by atoms with E-state index < -0.39 is 16.0 Å². The summed E-state index contributed by atoms with van der Waals surface area (Å²) in [4.78, 5) is 15.4. The summed E-state index contributed by atoms with van der Waals surface area (Å²) in [5.74, 6) is 0.268. The minimum Gasteiger partial charge on any atom is -0.361 e. The zero-order chi connectivity index (χ0) is 22.5. The first kappa shape index (κ1) is 20.8. The van der Waals surface area contributed by atoms with Gasteiger partial charge in [0.25, 0.3) is 5.91 Å². The summed E-state index contributed by atoms with van der Waals surface area (Å²) in [5, 5.41) is 8.28. The Labute approximate surface area is 188 Å². The topological polar surface area (TPSA) is 84.3 Å². The van der Waals surface area contributed by atoms with Crippen LogP contribution in [-0.2, 0) is 16.4 Å². The molecule has 2 unspecified atom stereocenters. The minimum atomic E-state index is -3.03. The third kappa shape index (κ3) is 3.58. The highest BCUT2D eigenvalue weighted by atomic mass is 32.2. The first-order valence-electron chi connectivity index (χ1n) is 10.8. The fraction of sp³-hybridized carbons (Fsp3) is 0.333. The van der Waals surface area contributed by atoms with E-state index in [2.05, 4.69) is 5.32 Å². The van der Waals surface area contributed by atoms with E-state index in [1.807, 2.05) is 78.0 Å². The Morgan fingerprint density at radius 2 is 1.78 bits per heavy atom. The molecule has 2 aromatic carbocycles. The number of sulfone groups is 1. The van der Waals surface area contributed by atoms with Crippen molar-refractivity contribution in [2.45, 2.75) is 39.0 Å². The first-order chi connectivity index (χ1) is 15.3. The Kier molecular flexibility index (Phi) is 5.04. The molecule has 2 atom stereocenters. The van der Waals surface area contributed by atoms with Crippen LogP contribution in [0.4, 0.5) is 5.69 Å². The molecule has 5 rings (SSSR count). The molecule has 1 fully saturated rings. The van der Waals surface area contributed by atoms with Crippen molar-refractivity contribution in [3.05, 3.63) is 82.7 Å². The number of nitrogens with one attached hydrogen (secondary N) is 1. The molecule has 7 nitrogen and oxygen atoms in total. The zero-order valence-corrected chi connectivity index (χ0v) is 19.0. The molecule has 0 bridgehead atoms. The number of aromatic nitrogens is 2. The third-order valence-corrected chi connectivity index (χ3v) is 8.18. The van der Waals surface area contributed by atoms with Gasteiger partial charge in [0.05, 0.1) is 28.8 Å². The Morgan fingerprint density at radius 3 is 2.50 bits per heavy atom. The lowest BCUT2D eigenvalue weighted by Crippen LogP contribution is -2.42. The van der Waals surface area contributed by atoms with Gasteiger partial charge in [-0.3, -0.25) is 9.48 Å². The number of benzene rings is 2. The lowest BCUT2D eigenvalue weighted by molar-refractivity contribution is 0.0665. The van der Waals surface area contributed by atoms with E-state index in [0.717, 1.165) is 28.2 Å². The number of para-hydroxylation sites is 1. The summed E-state index contributed by atoms with van der Waals surface area (Å²) in [7, 11) is -3.03. The number of carbonyl (C=O) groups is 1. The van der Waals surface area contributed by atoms with Crippen LogP contribution in [-0.4, -0.2) is 40.5 Å². The number of hydrogen-bond donors (Lipinski definition) is 1. The van der Waals surface area contributed by atoms with E-state index in [9.17, 15) is 13.2 Å². The maximum atomic E-state index is 13.6. The predicted octanol–water partition coefficient (Wildman–Crippen LogP) is 3.63. The van der Waals surface area contributed by atoms with E-state index in [-0.39, 0.29) is 23.5 Å². The highest BCUT2D eigenvalue weighted by Crippen LogP contribution is 2.38. The van der Waals surface area contributed by atoms with Gasteiger partial charge in [0.15, 0.2) is 9.84 Å². The number of nitrogens with zero attached hydrogens (tertiary/aromatic N) is 3. The number of carbonyl (C=O) groups excluding carboxylic acids is 1. The predicted molar refractivity (Wildman–Crippen MR) is 123 cm³/mol. The van der Waals surface area contributed by atoms with Crippen molar-refractivity contribution in [1.29, 1.82) is 0 Å². The second kappa shape index (κ2) is 7.78. The smallest absolute Gasteiger partial charge is 0.258 e. The molecule has 0 spiro atoms. The molecular weight excluding hydrogens is 424 g/mol. The maximum Gasteiger partial charge on any atom is 0.258 e. The van der Waals surface area contributed by atoms with Gasteiger partial charge < -0.3 is 10.2 Å². The van der Waals surface area contributed by atoms with E-state index in [4.69, 9.17) is 5.10 Å². The van der Waals surface area contributed by atoms with Gasteiger partial charge >= 0.3 is 0 Å². The Bertz CT molecular complexity index is 1280. The van der Waals surface area contributed by atoms with Crippen LogP contribution in [0.1, 0.15) is 51.5 Å². The highest BCUT2D eigenvalue weighted by Gasteiger charge is 2.38. The molecule has 3 aromatic rings. The average molecular weight is 451 g/mol. The van der Waals surface area contributed by atoms with E-state index in [1.165, 1.54) is 0 Å². The maximum absolute atomic E-state index is 13.6. The first-order valence-corrected chi connectivity index (χ1v) is 12.6. The molecule has 32 heavy (non-hydrogen) atoms. The van der Waals surface area contributed by atoms with Crippen LogP contribution in [0.15, 0.2) is 54.6 Å². The molecule has 2 aliphatic rings. The second-order valence-corrected chi connectivity index (χ2v) is 10.8. The largest absolute Gasteiger partial charge is 0.361 e. The summed E-state index contributed by atoms with van der Waals surface area (Å²) in [6, 6.07) is 17.3. The Morgan fingerprint density at radius 1 is 1.06 bits per heavy atom. The van der Waals surface area contributed by atoms with Crippen molar-refractivity contribution in [2.75, 3.05) is 16.8 Å². The summed E-state index contributed by atoms with van der Waals surface area (Å²) in [5.41, 5.74) is 5.10. The van der Waals surface area contributed by atoms with Crippen molar-refractivity contribution in [3.63, 3.8) is 0 Å². The van der Waals surface area contributed by atoms with E-state index in [0.29, 0.717) is 18.5 Å². The number of rotatable bonds is 4. The molecule has 3 heterocycles. The van der Waals surface area contributed by atoms with E-state index in [1.54, 1.807) is 0 Å². The van der Waals surface area contributed by atoms with Crippen LogP contribution in [0.5, 0.6) is 0 Å². The molecule has 166 valence electrons. The molecule has 1 aromatic heterocycles. The van der Waals surface area contributed by atoms with Crippen molar-refractivity contribution >= 4 is 21.4 Å². The van der Waals surface area contributed by atoms with Gasteiger partial charge in [0.2, 0.25) is 0 Å². The summed E-state index contributed by atoms with van der Waals surface area (Å²) in [6.45, 7) is 4.34. The van der Waals surface area contributed by atoms with Crippen LogP contribution in [0.2, 0.25) is 0 Å². The highest BCUT2D eigenvalue weighted by molar-refractivity contribution is 7.91. The van der Waals surface area contributed by atoms with Crippen LogP contribution >= 0.6 is 0 Å². The molecule has 0 saturated carbocycles. The van der Waals surface area contributed by atoms with Crippen LogP contribution in [0.25, 0.3) is 0 Å². The van der Waals surface area contributed by atoms with Gasteiger partial charge in [-0.1, -0.05) is 42.5 Å². The van der Waals surface area contributed by atoms with Gasteiger partial charge in [0.1, 0.15) is 6.17 Å². The van der Waals surface area contributed by atoms with Gasteiger partial charge in [-0.05, 0) is 38.0 Å². The average Bonchev–Trinajstić information content (AvgIpc) is 3.28. The van der Waals surface area contributed by atoms with Crippen LogP contribution < -0.4 is 5.32 Å². The van der Waals surface area contributed by atoms with Crippen molar-refractivity contribution in [3.8, 4) is 0 Å². The molecule has 2 aliphatic heterocycles. The van der Waals surface area contributed by atoms with E-state index >= 15 is 0 Å². The fourth-order valence-electron chi connectivity index (χ4n) is 4.86.